The van der Waals surface area contributed by atoms with Gasteiger partial charge in [0.15, 0.2) is 5.78 Å². The molecule has 0 heterocycles. The summed E-state index contributed by atoms with van der Waals surface area (Å²) in [4.78, 5) is 11.9. The Morgan fingerprint density at radius 1 is 1.16 bits per heavy atom. The molecule has 1 aromatic carbocycles. The van der Waals surface area contributed by atoms with Crippen LogP contribution in [-0.4, -0.2) is 5.78 Å². The van der Waals surface area contributed by atoms with Crippen molar-refractivity contribution in [2.24, 2.45) is 11.3 Å². The van der Waals surface area contributed by atoms with Crippen molar-refractivity contribution in [1.29, 1.82) is 0 Å². The molecule has 1 nitrogen and oxygen atoms in total. The predicted molar refractivity (Wildman–Crippen MR) is 68.5 cm³/mol. The van der Waals surface area contributed by atoms with Gasteiger partial charge in [0.2, 0.25) is 0 Å². The molecule has 4 heteroatoms. The molecule has 1 rings (SSSR count). The highest BCUT2D eigenvalue weighted by atomic mass is 19.1. The zero-order valence-corrected chi connectivity index (χ0v) is 11.7. The van der Waals surface area contributed by atoms with Gasteiger partial charge in [-0.1, -0.05) is 27.7 Å². The van der Waals surface area contributed by atoms with Gasteiger partial charge in [-0.3, -0.25) is 4.79 Å². The standard InChI is InChI=1S/C15H19F3O/c1-9(8-15(2,3)4)5-13(19)14-11(17)6-10(16)7-12(14)18/h6-7,9H,5,8H2,1-4H3. The van der Waals surface area contributed by atoms with E-state index >= 15 is 0 Å². The van der Waals surface area contributed by atoms with Crippen molar-refractivity contribution in [2.75, 3.05) is 0 Å². The first-order valence-corrected chi connectivity index (χ1v) is 6.28. The van der Waals surface area contributed by atoms with Gasteiger partial charge in [0.05, 0.1) is 5.56 Å². The monoisotopic (exact) mass is 272 g/mol. The average molecular weight is 272 g/mol. The Morgan fingerprint density at radius 3 is 2.05 bits per heavy atom. The minimum Gasteiger partial charge on any atom is -0.294 e. The van der Waals surface area contributed by atoms with Crippen molar-refractivity contribution in [1.82, 2.24) is 0 Å². The summed E-state index contributed by atoms with van der Waals surface area (Å²) in [5, 5.41) is 0. The molecule has 0 spiro atoms. The van der Waals surface area contributed by atoms with Crippen molar-refractivity contribution in [3.8, 4) is 0 Å². The third kappa shape index (κ3) is 4.69. The molecule has 0 N–H and O–H groups in total. The molecular formula is C15H19F3O. The number of halogens is 3. The molecule has 0 saturated carbocycles. The van der Waals surface area contributed by atoms with Gasteiger partial charge in [-0.2, -0.15) is 0 Å². The molecule has 1 unspecified atom stereocenters. The van der Waals surface area contributed by atoms with Crippen LogP contribution in [0, 0.1) is 28.8 Å². The lowest BCUT2D eigenvalue weighted by molar-refractivity contribution is 0.0946. The number of ketones is 1. The Bertz CT molecular complexity index is 452. The van der Waals surface area contributed by atoms with Crippen LogP contribution >= 0.6 is 0 Å². The fourth-order valence-corrected chi connectivity index (χ4v) is 2.34. The highest BCUT2D eigenvalue weighted by molar-refractivity contribution is 5.96. The van der Waals surface area contributed by atoms with Crippen molar-refractivity contribution < 1.29 is 18.0 Å². The fourth-order valence-electron chi connectivity index (χ4n) is 2.34. The predicted octanol–water partition coefficient (Wildman–Crippen LogP) is 4.75. The SMILES string of the molecule is CC(CC(=O)c1c(F)cc(F)cc1F)CC(C)(C)C. The summed E-state index contributed by atoms with van der Waals surface area (Å²) < 4.78 is 39.7. The minimum atomic E-state index is -1.13. The summed E-state index contributed by atoms with van der Waals surface area (Å²) in [7, 11) is 0. The van der Waals surface area contributed by atoms with Crippen LogP contribution in [-0.2, 0) is 0 Å². The van der Waals surface area contributed by atoms with E-state index in [0.29, 0.717) is 12.1 Å². The van der Waals surface area contributed by atoms with Crippen molar-refractivity contribution in [2.45, 2.75) is 40.5 Å². The van der Waals surface area contributed by atoms with Gasteiger partial charge in [-0.25, -0.2) is 13.2 Å². The summed E-state index contributed by atoms with van der Waals surface area (Å²) in [6.45, 7) is 7.97. The third-order valence-corrected chi connectivity index (χ3v) is 2.78. The van der Waals surface area contributed by atoms with Crippen LogP contribution in [0.1, 0.15) is 50.9 Å². The molecule has 0 saturated heterocycles. The molecule has 0 aliphatic carbocycles. The quantitative estimate of drug-likeness (QED) is 0.723. The molecule has 0 amide bonds. The fraction of sp³-hybridized carbons (Fsp3) is 0.533. The second-order valence-corrected chi connectivity index (χ2v) is 6.24. The molecular weight excluding hydrogens is 253 g/mol. The van der Waals surface area contributed by atoms with Gasteiger partial charge in [-0.05, 0) is 17.8 Å². The van der Waals surface area contributed by atoms with Gasteiger partial charge in [-0.15, -0.1) is 0 Å². The van der Waals surface area contributed by atoms with Gasteiger partial charge in [0.1, 0.15) is 17.5 Å². The number of benzene rings is 1. The van der Waals surface area contributed by atoms with E-state index in [4.69, 9.17) is 0 Å². The summed E-state index contributed by atoms with van der Waals surface area (Å²) in [6.07, 6.45) is 0.819. The van der Waals surface area contributed by atoms with Gasteiger partial charge in [0, 0.05) is 18.6 Å². The molecule has 1 aromatic rings. The lowest BCUT2D eigenvalue weighted by Crippen LogP contribution is -2.16. The normalized spacial score (nSPS) is 13.4. The topological polar surface area (TPSA) is 17.1 Å². The van der Waals surface area contributed by atoms with Crippen LogP contribution in [0.25, 0.3) is 0 Å². The zero-order valence-electron chi connectivity index (χ0n) is 11.7. The summed E-state index contributed by atoms with van der Waals surface area (Å²) in [6, 6.07) is 1.06. The van der Waals surface area contributed by atoms with Crippen LogP contribution in [0.5, 0.6) is 0 Å². The number of carbonyl (C=O) groups excluding carboxylic acids is 1. The first kappa shape index (κ1) is 15.7. The molecule has 0 bridgehead atoms. The smallest absolute Gasteiger partial charge is 0.169 e. The van der Waals surface area contributed by atoms with E-state index < -0.39 is 28.8 Å². The van der Waals surface area contributed by atoms with Gasteiger partial charge in [0.25, 0.3) is 0 Å². The Balaban J connectivity index is 2.85. The number of Topliss-reactive ketones (excluding diaryl/α,β-unsaturated/α-hetero) is 1. The number of hydrogen-bond donors (Lipinski definition) is 0. The van der Waals surface area contributed by atoms with Crippen LogP contribution in [0.3, 0.4) is 0 Å². The van der Waals surface area contributed by atoms with Crippen molar-refractivity contribution in [3.05, 3.63) is 35.1 Å². The number of carbonyl (C=O) groups is 1. The molecule has 0 aliphatic rings. The maximum Gasteiger partial charge on any atom is 0.169 e. The molecule has 19 heavy (non-hydrogen) atoms. The Hall–Kier alpha value is -1.32. The third-order valence-electron chi connectivity index (χ3n) is 2.78. The van der Waals surface area contributed by atoms with E-state index in [2.05, 4.69) is 0 Å². The van der Waals surface area contributed by atoms with E-state index in [1.807, 2.05) is 27.7 Å². The van der Waals surface area contributed by atoms with Crippen molar-refractivity contribution >= 4 is 5.78 Å². The summed E-state index contributed by atoms with van der Waals surface area (Å²) in [5.41, 5.74) is -0.596. The van der Waals surface area contributed by atoms with Crippen LogP contribution in [0.4, 0.5) is 13.2 Å². The first-order chi connectivity index (χ1) is 8.60. The van der Waals surface area contributed by atoms with Crippen LogP contribution in [0.2, 0.25) is 0 Å². The lowest BCUT2D eigenvalue weighted by atomic mass is 9.83. The average Bonchev–Trinajstić information content (AvgIpc) is 2.10. The lowest BCUT2D eigenvalue weighted by Gasteiger charge is -2.22. The molecule has 0 radical (unpaired) electrons. The van der Waals surface area contributed by atoms with Gasteiger partial charge < -0.3 is 0 Å². The minimum absolute atomic E-state index is 0.0105. The maximum absolute atomic E-state index is 13.4. The highest BCUT2D eigenvalue weighted by Crippen LogP contribution is 2.27. The Labute approximate surface area is 111 Å². The first-order valence-electron chi connectivity index (χ1n) is 6.28. The molecule has 0 aliphatic heterocycles. The second-order valence-electron chi connectivity index (χ2n) is 6.24. The molecule has 0 fully saturated rings. The Kier molecular flexibility index (Phi) is 4.77. The van der Waals surface area contributed by atoms with Gasteiger partial charge >= 0.3 is 0 Å². The van der Waals surface area contributed by atoms with Crippen LogP contribution in [0.15, 0.2) is 12.1 Å². The van der Waals surface area contributed by atoms with Crippen LogP contribution < -0.4 is 0 Å². The van der Waals surface area contributed by atoms with E-state index in [1.54, 1.807) is 0 Å². The van der Waals surface area contributed by atoms with E-state index in [0.717, 1.165) is 6.42 Å². The molecule has 0 aromatic heterocycles. The number of hydrogen-bond acceptors (Lipinski definition) is 1. The zero-order chi connectivity index (χ0) is 14.8. The highest BCUT2D eigenvalue weighted by Gasteiger charge is 2.23. The van der Waals surface area contributed by atoms with E-state index in [-0.39, 0.29) is 17.8 Å². The maximum atomic E-state index is 13.4. The van der Waals surface area contributed by atoms with Crippen molar-refractivity contribution in [3.63, 3.8) is 0 Å². The van der Waals surface area contributed by atoms with E-state index in [9.17, 15) is 18.0 Å². The Morgan fingerprint density at radius 2 is 1.63 bits per heavy atom. The van der Waals surface area contributed by atoms with E-state index in [1.165, 1.54) is 0 Å². The molecule has 106 valence electrons. The molecule has 1 atom stereocenters. The number of rotatable bonds is 4. The largest absolute Gasteiger partial charge is 0.294 e. The summed E-state index contributed by atoms with van der Waals surface area (Å²) in [5.74, 6) is -3.90. The summed E-state index contributed by atoms with van der Waals surface area (Å²) >= 11 is 0. The second kappa shape index (κ2) is 5.76.